The summed E-state index contributed by atoms with van der Waals surface area (Å²) in [5.41, 5.74) is 7.01. The van der Waals surface area contributed by atoms with Gasteiger partial charge in [0.25, 0.3) is 5.91 Å². The van der Waals surface area contributed by atoms with E-state index in [1.165, 1.54) is 12.3 Å². The fourth-order valence-electron chi connectivity index (χ4n) is 3.31. The molecular weight excluding hydrogens is 382 g/mol. The van der Waals surface area contributed by atoms with E-state index in [9.17, 15) is 14.7 Å². The molecule has 3 amide bonds. The van der Waals surface area contributed by atoms with Crippen LogP contribution in [0.15, 0.2) is 73.1 Å². The van der Waals surface area contributed by atoms with E-state index in [2.05, 4.69) is 15.3 Å². The number of nitrogens with zero attached hydrogens (tertiary/aromatic N) is 3. The fraction of sp³-hybridized carbons (Fsp3) is 0.182. The molecule has 0 unspecified atom stereocenters. The number of aliphatic hydroxyl groups is 1. The zero-order valence-corrected chi connectivity index (χ0v) is 16.5. The Bertz CT molecular complexity index is 998. The zero-order chi connectivity index (χ0) is 21.5. The smallest absolute Gasteiger partial charge is 0.327 e. The number of hydrogen-bond donors (Lipinski definition) is 3. The first-order valence-corrected chi connectivity index (χ1v) is 9.42. The summed E-state index contributed by atoms with van der Waals surface area (Å²) in [6.45, 7) is 0. The van der Waals surface area contributed by atoms with E-state index in [-0.39, 0.29) is 5.82 Å². The van der Waals surface area contributed by atoms with Crippen LogP contribution in [0.25, 0.3) is 0 Å². The number of imide groups is 1. The molecule has 0 saturated carbocycles. The van der Waals surface area contributed by atoms with E-state index < -0.39 is 24.0 Å². The molecule has 0 bridgehead atoms. The van der Waals surface area contributed by atoms with E-state index >= 15 is 0 Å². The van der Waals surface area contributed by atoms with Crippen molar-refractivity contribution in [3.8, 4) is 0 Å². The van der Waals surface area contributed by atoms with Gasteiger partial charge in [0.05, 0.1) is 0 Å². The normalized spacial score (nSPS) is 12.6. The van der Waals surface area contributed by atoms with Crippen LogP contribution in [0.4, 0.5) is 16.4 Å². The highest BCUT2D eigenvalue weighted by Crippen LogP contribution is 2.30. The third-order valence-corrected chi connectivity index (χ3v) is 4.73. The number of anilines is 2. The van der Waals surface area contributed by atoms with E-state index in [0.29, 0.717) is 22.7 Å². The number of benzene rings is 1. The number of carbonyl (C=O) groups excluding carboxylic acids is 2. The Hall–Kier alpha value is -3.78. The quantitative estimate of drug-likeness (QED) is 0.555. The third kappa shape index (κ3) is 4.61. The summed E-state index contributed by atoms with van der Waals surface area (Å²) in [4.78, 5) is 34.2. The lowest BCUT2D eigenvalue weighted by Gasteiger charge is -2.27. The SMILES string of the molecule is CNc1ncccc1[C@H](Cc1ccccc1)[C@@H](O)C(=O)N(C(N)=O)c1ccccn1. The summed E-state index contributed by atoms with van der Waals surface area (Å²) in [6, 6.07) is 16.7. The first-order valence-electron chi connectivity index (χ1n) is 9.42. The maximum absolute atomic E-state index is 13.2. The van der Waals surface area contributed by atoms with Gasteiger partial charge in [-0.25, -0.2) is 19.7 Å². The van der Waals surface area contributed by atoms with Crippen LogP contribution in [0.5, 0.6) is 0 Å². The molecule has 0 aliphatic carbocycles. The van der Waals surface area contributed by atoms with Crippen LogP contribution in [-0.2, 0) is 11.2 Å². The molecule has 8 nitrogen and oxygen atoms in total. The van der Waals surface area contributed by atoms with Gasteiger partial charge in [0.1, 0.15) is 17.7 Å². The highest BCUT2D eigenvalue weighted by Gasteiger charge is 2.36. The van der Waals surface area contributed by atoms with Crippen molar-refractivity contribution < 1.29 is 14.7 Å². The van der Waals surface area contributed by atoms with Crippen LogP contribution in [0.3, 0.4) is 0 Å². The summed E-state index contributed by atoms with van der Waals surface area (Å²) in [6.07, 6.45) is 1.85. The van der Waals surface area contributed by atoms with Crippen molar-refractivity contribution in [2.45, 2.75) is 18.4 Å². The molecule has 8 heteroatoms. The second-order valence-corrected chi connectivity index (χ2v) is 6.63. The molecule has 0 saturated heterocycles. The van der Waals surface area contributed by atoms with Crippen molar-refractivity contribution in [3.05, 3.63) is 84.2 Å². The van der Waals surface area contributed by atoms with E-state index in [1.807, 2.05) is 30.3 Å². The summed E-state index contributed by atoms with van der Waals surface area (Å²) >= 11 is 0. The number of nitrogens with two attached hydrogens (primary N) is 1. The maximum atomic E-state index is 13.2. The number of urea groups is 1. The lowest BCUT2D eigenvalue weighted by atomic mass is 9.86. The van der Waals surface area contributed by atoms with Gasteiger partial charge in [-0.3, -0.25) is 4.79 Å². The number of primary amides is 1. The Balaban J connectivity index is 2.01. The van der Waals surface area contributed by atoms with E-state index in [4.69, 9.17) is 5.73 Å². The number of carbonyl (C=O) groups is 2. The molecule has 0 aliphatic rings. The number of aromatic nitrogens is 2. The molecule has 0 aliphatic heterocycles. The van der Waals surface area contributed by atoms with Gasteiger partial charge in [-0.05, 0) is 30.2 Å². The summed E-state index contributed by atoms with van der Waals surface area (Å²) in [7, 11) is 1.71. The minimum atomic E-state index is -1.56. The van der Waals surface area contributed by atoms with Crippen molar-refractivity contribution in [1.82, 2.24) is 9.97 Å². The highest BCUT2D eigenvalue weighted by molar-refractivity contribution is 6.14. The van der Waals surface area contributed by atoms with Crippen molar-refractivity contribution in [3.63, 3.8) is 0 Å². The summed E-state index contributed by atoms with van der Waals surface area (Å²) < 4.78 is 0. The van der Waals surface area contributed by atoms with Crippen molar-refractivity contribution in [1.29, 1.82) is 0 Å². The Morgan fingerprint density at radius 1 is 1.03 bits per heavy atom. The maximum Gasteiger partial charge on any atom is 0.327 e. The van der Waals surface area contributed by atoms with Crippen LogP contribution in [-0.4, -0.2) is 40.2 Å². The number of nitrogens with one attached hydrogen (secondary N) is 1. The number of amides is 3. The molecule has 0 fully saturated rings. The lowest BCUT2D eigenvalue weighted by Crippen LogP contribution is -2.48. The number of pyridine rings is 2. The highest BCUT2D eigenvalue weighted by atomic mass is 16.3. The Labute approximate surface area is 174 Å². The summed E-state index contributed by atoms with van der Waals surface area (Å²) in [5, 5.41) is 14.1. The van der Waals surface area contributed by atoms with Gasteiger partial charge >= 0.3 is 6.03 Å². The molecule has 0 spiro atoms. The zero-order valence-electron chi connectivity index (χ0n) is 16.5. The van der Waals surface area contributed by atoms with Crippen LogP contribution >= 0.6 is 0 Å². The largest absolute Gasteiger partial charge is 0.383 e. The van der Waals surface area contributed by atoms with Gasteiger partial charge in [0.2, 0.25) is 0 Å². The molecule has 4 N–H and O–H groups in total. The van der Waals surface area contributed by atoms with Gasteiger partial charge in [-0.1, -0.05) is 42.5 Å². The average molecular weight is 405 g/mol. The van der Waals surface area contributed by atoms with Crippen LogP contribution in [0, 0.1) is 0 Å². The van der Waals surface area contributed by atoms with E-state index in [1.54, 1.807) is 37.5 Å². The average Bonchev–Trinajstić information content (AvgIpc) is 2.78. The van der Waals surface area contributed by atoms with Gasteiger partial charge in [0.15, 0.2) is 0 Å². The molecule has 2 aromatic heterocycles. The Morgan fingerprint density at radius 2 is 1.73 bits per heavy atom. The third-order valence-electron chi connectivity index (χ3n) is 4.73. The number of aliphatic hydroxyl groups excluding tert-OH is 1. The number of rotatable bonds is 7. The second-order valence-electron chi connectivity index (χ2n) is 6.63. The van der Waals surface area contributed by atoms with Crippen molar-refractivity contribution >= 4 is 23.6 Å². The molecule has 0 radical (unpaired) electrons. The Kier molecular flexibility index (Phi) is 6.71. The fourth-order valence-corrected chi connectivity index (χ4v) is 3.31. The second kappa shape index (κ2) is 9.62. The predicted molar refractivity (Wildman–Crippen MR) is 114 cm³/mol. The van der Waals surface area contributed by atoms with Gasteiger partial charge in [-0.2, -0.15) is 0 Å². The molecular formula is C22H23N5O3. The van der Waals surface area contributed by atoms with Crippen LogP contribution in [0.1, 0.15) is 17.0 Å². The van der Waals surface area contributed by atoms with Crippen LogP contribution < -0.4 is 16.0 Å². The standard InChI is InChI=1S/C22H23N5O3/c1-24-20-16(10-7-13-26-20)17(14-15-8-3-2-4-9-15)19(28)21(29)27(22(23)30)18-11-5-6-12-25-18/h2-13,17,19,28H,14H2,1H3,(H2,23,30)(H,24,26)/t17-,19+/m0/s1. The lowest BCUT2D eigenvalue weighted by molar-refractivity contribution is -0.127. The molecule has 154 valence electrons. The van der Waals surface area contributed by atoms with E-state index in [0.717, 1.165) is 5.56 Å². The van der Waals surface area contributed by atoms with Crippen molar-refractivity contribution in [2.75, 3.05) is 17.3 Å². The molecule has 30 heavy (non-hydrogen) atoms. The minimum Gasteiger partial charge on any atom is -0.383 e. The topological polar surface area (TPSA) is 121 Å². The van der Waals surface area contributed by atoms with Gasteiger partial charge in [0, 0.05) is 30.9 Å². The minimum absolute atomic E-state index is 0.0486. The molecule has 2 heterocycles. The monoisotopic (exact) mass is 405 g/mol. The molecule has 3 aromatic rings. The van der Waals surface area contributed by atoms with Gasteiger partial charge in [-0.15, -0.1) is 0 Å². The molecule has 3 rings (SSSR count). The van der Waals surface area contributed by atoms with Crippen LogP contribution in [0.2, 0.25) is 0 Å². The number of hydrogen-bond acceptors (Lipinski definition) is 6. The first-order chi connectivity index (χ1) is 14.5. The first kappa shape index (κ1) is 20.9. The molecule has 2 atom stereocenters. The predicted octanol–water partition coefficient (Wildman–Crippen LogP) is 2.32. The van der Waals surface area contributed by atoms with Gasteiger partial charge < -0.3 is 16.2 Å². The molecule has 1 aromatic carbocycles. The summed E-state index contributed by atoms with van der Waals surface area (Å²) in [5.74, 6) is -0.948. The van der Waals surface area contributed by atoms with Crippen molar-refractivity contribution in [2.24, 2.45) is 5.73 Å². The Morgan fingerprint density at radius 3 is 2.37 bits per heavy atom.